The molecule has 0 saturated heterocycles. The maximum atomic E-state index is 3.53. The Kier molecular flexibility index (Phi) is 3.81. The molecule has 1 aromatic heterocycles. The molecule has 1 atom stereocenters. The minimum Gasteiger partial charge on any atom is -0.312 e. The summed E-state index contributed by atoms with van der Waals surface area (Å²) in [5.41, 5.74) is 1.46. The third-order valence-electron chi connectivity index (χ3n) is 3.62. The van der Waals surface area contributed by atoms with Crippen LogP contribution in [0.4, 0.5) is 0 Å². The highest BCUT2D eigenvalue weighted by molar-refractivity contribution is 7.10. The van der Waals surface area contributed by atoms with Gasteiger partial charge in [0.05, 0.1) is 0 Å². The van der Waals surface area contributed by atoms with Gasteiger partial charge in [-0.15, -0.1) is 11.3 Å². The standard InChI is InChI=1S/C13H21NS/c1-10-8-9-15-13(10)12(14-2)11-6-4-3-5-7-11/h8-9,11-12,14H,3-7H2,1-2H3. The van der Waals surface area contributed by atoms with Crippen molar-refractivity contribution >= 4 is 11.3 Å². The van der Waals surface area contributed by atoms with E-state index in [1.54, 1.807) is 4.88 Å². The molecule has 1 heterocycles. The van der Waals surface area contributed by atoms with Crippen molar-refractivity contribution in [2.24, 2.45) is 5.92 Å². The molecule has 0 spiro atoms. The Morgan fingerprint density at radius 2 is 2.07 bits per heavy atom. The minimum absolute atomic E-state index is 0.602. The third kappa shape index (κ3) is 2.43. The van der Waals surface area contributed by atoms with E-state index in [0.717, 1.165) is 5.92 Å². The lowest BCUT2D eigenvalue weighted by atomic mass is 9.83. The molecule has 1 N–H and O–H groups in total. The molecule has 84 valence electrons. The smallest absolute Gasteiger partial charge is 0.0443 e. The average molecular weight is 223 g/mol. The number of hydrogen-bond donors (Lipinski definition) is 1. The Morgan fingerprint density at radius 1 is 1.33 bits per heavy atom. The molecule has 2 rings (SSSR count). The highest BCUT2D eigenvalue weighted by Gasteiger charge is 2.25. The molecule has 1 aliphatic carbocycles. The summed E-state index contributed by atoms with van der Waals surface area (Å²) < 4.78 is 0. The summed E-state index contributed by atoms with van der Waals surface area (Å²) in [6, 6.07) is 2.85. The van der Waals surface area contributed by atoms with E-state index in [-0.39, 0.29) is 0 Å². The predicted octanol–water partition coefficient (Wildman–Crippen LogP) is 3.90. The van der Waals surface area contributed by atoms with Gasteiger partial charge >= 0.3 is 0 Å². The van der Waals surface area contributed by atoms with E-state index < -0.39 is 0 Å². The van der Waals surface area contributed by atoms with Gasteiger partial charge in [0.15, 0.2) is 0 Å². The van der Waals surface area contributed by atoms with Crippen LogP contribution in [-0.2, 0) is 0 Å². The molecule has 15 heavy (non-hydrogen) atoms. The van der Waals surface area contributed by atoms with Crippen LogP contribution < -0.4 is 5.32 Å². The molecule has 2 heteroatoms. The van der Waals surface area contributed by atoms with E-state index in [1.165, 1.54) is 37.7 Å². The van der Waals surface area contributed by atoms with Crippen LogP contribution in [0.15, 0.2) is 11.4 Å². The van der Waals surface area contributed by atoms with Gasteiger partial charge in [-0.1, -0.05) is 19.3 Å². The molecule has 1 fully saturated rings. The van der Waals surface area contributed by atoms with Crippen LogP contribution in [0.2, 0.25) is 0 Å². The summed E-state index contributed by atoms with van der Waals surface area (Å²) in [5, 5.41) is 5.75. The summed E-state index contributed by atoms with van der Waals surface area (Å²) >= 11 is 1.91. The van der Waals surface area contributed by atoms with Crippen molar-refractivity contribution in [1.82, 2.24) is 5.32 Å². The molecular formula is C13H21NS. The normalized spacial score (nSPS) is 20.4. The van der Waals surface area contributed by atoms with Gasteiger partial charge in [-0.3, -0.25) is 0 Å². The van der Waals surface area contributed by atoms with Crippen molar-refractivity contribution in [2.75, 3.05) is 7.05 Å². The fourth-order valence-corrected chi connectivity index (χ4v) is 3.88. The number of nitrogens with one attached hydrogen (secondary N) is 1. The van der Waals surface area contributed by atoms with Gasteiger partial charge in [-0.25, -0.2) is 0 Å². The molecule has 0 aromatic carbocycles. The first kappa shape index (κ1) is 11.2. The number of aryl methyl sites for hydroxylation is 1. The van der Waals surface area contributed by atoms with Gasteiger partial charge in [0, 0.05) is 10.9 Å². The highest BCUT2D eigenvalue weighted by Crippen LogP contribution is 2.37. The van der Waals surface area contributed by atoms with E-state index in [0.29, 0.717) is 6.04 Å². The molecule has 1 nitrogen and oxygen atoms in total. The highest BCUT2D eigenvalue weighted by atomic mass is 32.1. The van der Waals surface area contributed by atoms with Crippen molar-refractivity contribution < 1.29 is 0 Å². The summed E-state index contributed by atoms with van der Waals surface area (Å²) in [6.45, 7) is 2.24. The second-order valence-electron chi connectivity index (χ2n) is 4.63. The molecule has 1 aliphatic rings. The third-order valence-corrected chi connectivity index (χ3v) is 4.72. The zero-order valence-electron chi connectivity index (χ0n) is 9.75. The van der Waals surface area contributed by atoms with Crippen LogP contribution in [0.5, 0.6) is 0 Å². The molecule has 1 aromatic rings. The van der Waals surface area contributed by atoms with Crippen molar-refractivity contribution in [3.05, 3.63) is 21.9 Å². The molecule has 0 radical (unpaired) electrons. The van der Waals surface area contributed by atoms with Gasteiger partial charge < -0.3 is 5.32 Å². The minimum atomic E-state index is 0.602. The van der Waals surface area contributed by atoms with E-state index in [1.807, 2.05) is 11.3 Å². The van der Waals surface area contributed by atoms with Crippen LogP contribution in [0.1, 0.15) is 48.6 Å². The van der Waals surface area contributed by atoms with Gasteiger partial charge in [0.2, 0.25) is 0 Å². The van der Waals surface area contributed by atoms with Crippen LogP contribution in [0.25, 0.3) is 0 Å². The van der Waals surface area contributed by atoms with Crippen LogP contribution in [0, 0.1) is 12.8 Å². The zero-order valence-corrected chi connectivity index (χ0v) is 10.6. The average Bonchev–Trinajstić information content (AvgIpc) is 2.68. The molecular weight excluding hydrogens is 202 g/mol. The van der Waals surface area contributed by atoms with Crippen LogP contribution in [-0.4, -0.2) is 7.05 Å². The van der Waals surface area contributed by atoms with E-state index >= 15 is 0 Å². The van der Waals surface area contributed by atoms with Gasteiger partial charge in [-0.2, -0.15) is 0 Å². The van der Waals surface area contributed by atoms with Gasteiger partial charge in [-0.05, 0) is 49.7 Å². The monoisotopic (exact) mass is 223 g/mol. The van der Waals surface area contributed by atoms with Crippen molar-refractivity contribution in [3.8, 4) is 0 Å². The first-order chi connectivity index (χ1) is 7.33. The second kappa shape index (κ2) is 5.13. The lowest BCUT2D eigenvalue weighted by Gasteiger charge is -2.30. The Balaban J connectivity index is 2.12. The van der Waals surface area contributed by atoms with Crippen LogP contribution >= 0.6 is 11.3 Å². The Hall–Kier alpha value is -0.340. The summed E-state index contributed by atoms with van der Waals surface area (Å²) in [7, 11) is 2.11. The van der Waals surface area contributed by atoms with Crippen molar-refractivity contribution in [1.29, 1.82) is 0 Å². The summed E-state index contributed by atoms with van der Waals surface area (Å²) in [6.07, 6.45) is 7.10. The molecule has 0 amide bonds. The summed E-state index contributed by atoms with van der Waals surface area (Å²) in [4.78, 5) is 1.56. The predicted molar refractivity (Wildman–Crippen MR) is 67.4 cm³/mol. The Bertz CT molecular complexity index is 299. The topological polar surface area (TPSA) is 12.0 Å². The van der Waals surface area contributed by atoms with Gasteiger partial charge in [0.25, 0.3) is 0 Å². The largest absolute Gasteiger partial charge is 0.312 e. The SMILES string of the molecule is CNC(c1sccc1C)C1CCCCC1. The number of hydrogen-bond acceptors (Lipinski definition) is 2. The fourth-order valence-electron chi connectivity index (χ4n) is 2.75. The Morgan fingerprint density at radius 3 is 2.60 bits per heavy atom. The van der Waals surface area contributed by atoms with E-state index in [9.17, 15) is 0 Å². The van der Waals surface area contributed by atoms with Crippen LogP contribution in [0.3, 0.4) is 0 Å². The molecule has 0 bridgehead atoms. The van der Waals surface area contributed by atoms with E-state index in [4.69, 9.17) is 0 Å². The zero-order chi connectivity index (χ0) is 10.7. The quantitative estimate of drug-likeness (QED) is 0.819. The molecule has 1 saturated carbocycles. The van der Waals surface area contributed by atoms with Crippen molar-refractivity contribution in [2.45, 2.75) is 45.1 Å². The molecule has 0 aliphatic heterocycles. The van der Waals surface area contributed by atoms with Crippen molar-refractivity contribution in [3.63, 3.8) is 0 Å². The molecule has 1 unspecified atom stereocenters. The number of thiophene rings is 1. The van der Waals surface area contributed by atoms with Gasteiger partial charge in [0.1, 0.15) is 0 Å². The lowest BCUT2D eigenvalue weighted by Crippen LogP contribution is -2.26. The first-order valence-electron chi connectivity index (χ1n) is 6.04. The lowest BCUT2D eigenvalue weighted by molar-refractivity contribution is 0.284. The van der Waals surface area contributed by atoms with E-state index in [2.05, 4.69) is 30.7 Å². The fraction of sp³-hybridized carbons (Fsp3) is 0.692. The summed E-state index contributed by atoms with van der Waals surface area (Å²) in [5.74, 6) is 0.862. The maximum Gasteiger partial charge on any atom is 0.0443 e. The Labute approximate surface area is 96.9 Å². The maximum absolute atomic E-state index is 3.53. The number of rotatable bonds is 3. The first-order valence-corrected chi connectivity index (χ1v) is 6.92. The second-order valence-corrected chi connectivity index (χ2v) is 5.58.